The van der Waals surface area contributed by atoms with E-state index in [9.17, 15) is 4.39 Å². The van der Waals surface area contributed by atoms with E-state index in [2.05, 4.69) is 25.9 Å². The fraction of sp³-hybridized carbons (Fsp3) is 0.0769. The van der Waals surface area contributed by atoms with Crippen LogP contribution in [0.1, 0.15) is 5.82 Å². The third-order valence-electron chi connectivity index (χ3n) is 2.80. The number of imidazole rings is 1. The van der Waals surface area contributed by atoms with Crippen LogP contribution in [-0.4, -0.2) is 14.5 Å². The number of fused-ring (bicyclic) bond motifs is 1. The van der Waals surface area contributed by atoms with Crippen molar-refractivity contribution in [2.45, 2.75) is 5.88 Å². The molecule has 3 rings (SSSR count). The molecule has 0 unspecified atom stereocenters. The molecule has 20 heavy (non-hydrogen) atoms. The summed E-state index contributed by atoms with van der Waals surface area (Å²) in [6.45, 7) is 0. The Morgan fingerprint density at radius 1 is 1.30 bits per heavy atom. The van der Waals surface area contributed by atoms with Crippen LogP contribution in [0, 0.1) is 5.82 Å². The average Bonchev–Trinajstić information content (AvgIpc) is 2.78. The minimum atomic E-state index is -0.412. The molecule has 0 atom stereocenters. The average molecular weight is 375 g/mol. The molecule has 0 aliphatic carbocycles. The lowest BCUT2D eigenvalue weighted by atomic mass is 10.3. The highest BCUT2D eigenvalue weighted by Gasteiger charge is 2.16. The van der Waals surface area contributed by atoms with Gasteiger partial charge in [0, 0.05) is 15.7 Å². The molecule has 0 N–H and O–H groups in total. The van der Waals surface area contributed by atoms with Gasteiger partial charge in [-0.25, -0.2) is 14.4 Å². The van der Waals surface area contributed by atoms with Crippen molar-refractivity contribution in [2.75, 3.05) is 0 Å². The fourth-order valence-electron chi connectivity index (χ4n) is 1.99. The first-order valence-corrected chi connectivity index (χ1v) is 7.35. The highest BCUT2D eigenvalue weighted by atomic mass is 79.9. The van der Waals surface area contributed by atoms with Crippen molar-refractivity contribution in [3.63, 3.8) is 0 Å². The molecule has 0 fully saturated rings. The third kappa shape index (κ3) is 2.30. The molecule has 0 saturated heterocycles. The summed E-state index contributed by atoms with van der Waals surface area (Å²) in [5.41, 5.74) is 1.45. The molecule has 0 radical (unpaired) electrons. The zero-order valence-electron chi connectivity index (χ0n) is 9.95. The summed E-state index contributed by atoms with van der Waals surface area (Å²) in [4.78, 5) is 8.65. The highest BCUT2D eigenvalue weighted by molar-refractivity contribution is 9.10. The summed E-state index contributed by atoms with van der Waals surface area (Å²) in [5.74, 6) is 0.234. The lowest BCUT2D eigenvalue weighted by Crippen LogP contribution is -2.03. The van der Waals surface area contributed by atoms with E-state index in [0.717, 1.165) is 4.47 Å². The van der Waals surface area contributed by atoms with Gasteiger partial charge >= 0.3 is 0 Å². The zero-order chi connectivity index (χ0) is 14.3. The van der Waals surface area contributed by atoms with Gasteiger partial charge in [0.15, 0.2) is 5.65 Å². The molecule has 0 aliphatic rings. The number of hydrogen-bond acceptors (Lipinski definition) is 2. The predicted molar refractivity (Wildman–Crippen MR) is 81.1 cm³/mol. The minimum Gasteiger partial charge on any atom is -0.277 e. The molecule has 0 aliphatic heterocycles. The first-order valence-electron chi connectivity index (χ1n) is 5.64. The van der Waals surface area contributed by atoms with Gasteiger partial charge in [-0.2, -0.15) is 0 Å². The maximum absolute atomic E-state index is 14.1. The second kappa shape index (κ2) is 5.31. The van der Waals surface area contributed by atoms with Crippen molar-refractivity contribution in [3.8, 4) is 5.69 Å². The Kier molecular flexibility index (Phi) is 3.67. The number of nitrogens with zero attached hydrogens (tertiary/aromatic N) is 3. The first-order chi connectivity index (χ1) is 9.60. The smallest absolute Gasteiger partial charge is 0.164 e. The van der Waals surface area contributed by atoms with E-state index in [-0.39, 0.29) is 11.6 Å². The Hall–Kier alpha value is -1.17. The van der Waals surface area contributed by atoms with Crippen LogP contribution in [0.15, 0.2) is 34.9 Å². The molecule has 3 nitrogen and oxygen atoms in total. The highest BCUT2D eigenvalue weighted by Crippen LogP contribution is 2.26. The summed E-state index contributed by atoms with van der Waals surface area (Å²) in [6, 6.07) is 6.12. The van der Waals surface area contributed by atoms with Crippen molar-refractivity contribution < 1.29 is 4.39 Å². The van der Waals surface area contributed by atoms with Gasteiger partial charge in [-0.3, -0.25) is 4.57 Å². The molecule has 7 heteroatoms. The quantitative estimate of drug-likeness (QED) is 0.608. The molecule has 2 aromatic heterocycles. The summed E-state index contributed by atoms with van der Waals surface area (Å²) in [6.07, 6.45) is 1.63. The van der Waals surface area contributed by atoms with Gasteiger partial charge in [-0.15, -0.1) is 11.6 Å². The number of aromatic nitrogens is 3. The van der Waals surface area contributed by atoms with E-state index < -0.39 is 5.82 Å². The number of alkyl halides is 1. The lowest BCUT2D eigenvalue weighted by molar-refractivity contribution is 0.617. The van der Waals surface area contributed by atoms with Crippen molar-refractivity contribution in [1.82, 2.24) is 14.5 Å². The van der Waals surface area contributed by atoms with Crippen LogP contribution in [0.25, 0.3) is 16.9 Å². The standard InChI is InChI=1S/C13H7BrCl2FN3/c14-7-3-10-13(18-6-7)20(12(5-15)19-10)11-4-8(16)1-2-9(11)17/h1-4,6H,5H2. The fourth-order valence-corrected chi connectivity index (χ4v) is 2.65. The lowest BCUT2D eigenvalue weighted by Gasteiger charge is -2.08. The zero-order valence-corrected chi connectivity index (χ0v) is 13.0. The van der Waals surface area contributed by atoms with Crippen LogP contribution in [0.3, 0.4) is 0 Å². The van der Waals surface area contributed by atoms with Gasteiger partial charge in [0.2, 0.25) is 0 Å². The number of rotatable bonds is 2. The molecule has 0 spiro atoms. The number of hydrogen-bond donors (Lipinski definition) is 0. The molecular formula is C13H7BrCl2FN3. The first kappa shape index (κ1) is 13.8. The van der Waals surface area contributed by atoms with Gasteiger partial charge in [0.25, 0.3) is 0 Å². The van der Waals surface area contributed by atoms with Crippen LogP contribution in [0.5, 0.6) is 0 Å². The van der Waals surface area contributed by atoms with E-state index in [4.69, 9.17) is 23.2 Å². The number of benzene rings is 1. The molecular weight excluding hydrogens is 368 g/mol. The summed E-state index contributed by atoms with van der Waals surface area (Å²) >= 11 is 15.2. The van der Waals surface area contributed by atoms with Gasteiger partial charge in [0.05, 0.1) is 11.6 Å². The van der Waals surface area contributed by atoms with Crippen molar-refractivity contribution in [1.29, 1.82) is 0 Å². The molecule has 102 valence electrons. The summed E-state index contributed by atoms with van der Waals surface area (Å²) in [5, 5.41) is 0.431. The topological polar surface area (TPSA) is 30.7 Å². The van der Waals surface area contributed by atoms with Gasteiger partial charge in [-0.05, 0) is 40.2 Å². The SMILES string of the molecule is Fc1ccc(Cl)cc1-n1c(CCl)nc2cc(Br)cnc21. The molecule has 0 saturated carbocycles. The van der Waals surface area contributed by atoms with Crippen LogP contribution in [0.2, 0.25) is 5.02 Å². The second-order valence-electron chi connectivity index (χ2n) is 4.09. The Balaban J connectivity index is 2.37. The minimum absolute atomic E-state index is 0.139. The van der Waals surface area contributed by atoms with Gasteiger partial charge < -0.3 is 0 Å². The maximum Gasteiger partial charge on any atom is 0.164 e. The normalized spacial score (nSPS) is 11.2. The van der Waals surface area contributed by atoms with Crippen LogP contribution >= 0.6 is 39.1 Å². The summed E-state index contributed by atoms with van der Waals surface area (Å²) < 4.78 is 16.4. The van der Waals surface area contributed by atoms with E-state index >= 15 is 0 Å². The maximum atomic E-state index is 14.1. The second-order valence-corrected chi connectivity index (χ2v) is 5.71. The molecule has 3 aromatic rings. The molecule has 0 amide bonds. The Labute approximate surface area is 132 Å². The largest absolute Gasteiger partial charge is 0.277 e. The Morgan fingerprint density at radius 3 is 2.85 bits per heavy atom. The molecule has 2 heterocycles. The van der Waals surface area contributed by atoms with Crippen molar-refractivity contribution >= 4 is 50.3 Å². The van der Waals surface area contributed by atoms with E-state index in [1.807, 2.05) is 0 Å². The third-order valence-corrected chi connectivity index (χ3v) is 3.71. The van der Waals surface area contributed by atoms with Gasteiger partial charge in [0.1, 0.15) is 17.2 Å². The molecule has 1 aromatic carbocycles. The van der Waals surface area contributed by atoms with Crippen molar-refractivity contribution in [2.24, 2.45) is 0 Å². The van der Waals surface area contributed by atoms with Gasteiger partial charge in [-0.1, -0.05) is 11.6 Å². The summed E-state index contributed by atoms with van der Waals surface area (Å²) in [7, 11) is 0. The Bertz CT molecular complexity index is 804. The Morgan fingerprint density at radius 2 is 2.10 bits per heavy atom. The molecule has 0 bridgehead atoms. The van der Waals surface area contributed by atoms with E-state index in [1.54, 1.807) is 16.8 Å². The van der Waals surface area contributed by atoms with E-state index in [0.29, 0.717) is 22.0 Å². The van der Waals surface area contributed by atoms with E-state index in [1.165, 1.54) is 18.2 Å². The number of halogens is 4. The van der Waals surface area contributed by atoms with Crippen LogP contribution < -0.4 is 0 Å². The number of pyridine rings is 1. The monoisotopic (exact) mass is 373 g/mol. The van der Waals surface area contributed by atoms with Crippen LogP contribution in [0.4, 0.5) is 4.39 Å². The van der Waals surface area contributed by atoms with Crippen molar-refractivity contribution in [3.05, 3.63) is 51.6 Å². The predicted octanol–water partition coefficient (Wildman–Crippen LogP) is 4.71. The van der Waals surface area contributed by atoms with Crippen LogP contribution in [-0.2, 0) is 5.88 Å².